The molecule has 94 valence electrons. The Hall–Kier alpha value is -1.31. The Balaban J connectivity index is 2.40. The van der Waals surface area contributed by atoms with E-state index in [0.717, 1.165) is 25.0 Å². The van der Waals surface area contributed by atoms with Gasteiger partial charge in [0.15, 0.2) is 0 Å². The second-order valence-electron chi connectivity index (χ2n) is 4.76. The van der Waals surface area contributed by atoms with Crippen molar-refractivity contribution in [3.05, 3.63) is 48.2 Å². The van der Waals surface area contributed by atoms with Gasteiger partial charge in [-0.3, -0.25) is 0 Å². The third-order valence-electron chi connectivity index (χ3n) is 3.11. The summed E-state index contributed by atoms with van der Waals surface area (Å²) in [4.78, 5) is 0. The van der Waals surface area contributed by atoms with Crippen molar-refractivity contribution in [1.29, 1.82) is 0 Å². The largest absolute Gasteiger partial charge is 0.381 e. The highest BCUT2D eigenvalue weighted by molar-refractivity contribution is 5.16. The molecule has 0 aromatic heterocycles. The number of rotatable bonds is 7. The Kier molecular flexibility index (Phi) is 5.20. The van der Waals surface area contributed by atoms with Crippen molar-refractivity contribution in [3.8, 4) is 0 Å². The third-order valence-corrected chi connectivity index (χ3v) is 3.11. The van der Waals surface area contributed by atoms with E-state index in [2.05, 4.69) is 24.0 Å². The fraction of sp³-hybridized carbons (Fsp3) is 0.467. The summed E-state index contributed by atoms with van der Waals surface area (Å²) in [5.74, 6) is 0. The molecule has 17 heavy (non-hydrogen) atoms. The number of allylic oxidation sites excluding steroid dienone is 1. The molecule has 0 aliphatic carbocycles. The van der Waals surface area contributed by atoms with Gasteiger partial charge in [0.05, 0.1) is 5.54 Å². The van der Waals surface area contributed by atoms with Gasteiger partial charge in [0, 0.05) is 5.70 Å². The molecule has 1 aromatic carbocycles. The third kappa shape index (κ3) is 4.59. The lowest BCUT2D eigenvalue weighted by atomic mass is 9.99. The Labute approximate surface area is 104 Å². The van der Waals surface area contributed by atoms with E-state index in [4.69, 9.17) is 0 Å². The summed E-state index contributed by atoms with van der Waals surface area (Å²) in [5, 5.41) is 3.19. The van der Waals surface area contributed by atoms with E-state index in [1.54, 1.807) is 0 Å². The quantitative estimate of drug-likeness (QED) is 0.756. The van der Waals surface area contributed by atoms with Crippen molar-refractivity contribution < 1.29 is 4.39 Å². The molecule has 1 unspecified atom stereocenters. The molecule has 1 nitrogen and oxygen atoms in total. The summed E-state index contributed by atoms with van der Waals surface area (Å²) in [5.41, 5.74) is 1.73. The van der Waals surface area contributed by atoms with E-state index in [0.29, 0.717) is 0 Å². The monoisotopic (exact) mass is 235 g/mol. The number of aryl methyl sites for hydroxylation is 1. The standard InChI is InChI=1S/C15H22FN/c1-4-15(3,12-16)17-13(2)10-11-14-8-6-5-7-9-14/h5-9,17H,2,4,10-12H2,1,3H3. The van der Waals surface area contributed by atoms with E-state index >= 15 is 0 Å². The molecule has 0 fully saturated rings. The van der Waals surface area contributed by atoms with Gasteiger partial charge >= 0.3 is 0 Å². The van der Waals surface area contributed by atoms with Gasteiger partial charge in [0.2, 0.25) is 0 Å². The maximum atomic E-state index is 12.9. The van der Waals surface area contributed by atoms with Crippen LogP contribution in [0.2, 0.25) is 0 Å². The highest BCUT2D eigenvalue weighted by Gasteiger charge is 2.21. The molecular formula is C15H22FN. The van der Waals surface area contributed by atoms with Crippen molar-refractivity contribution in [2.75, 3.05) is 6.67 Å². The summed E-state index contributed by atoms with van der Waals surface area (Å²) in [6.07, 6.45) is 2.55. The van der Waals surface area contributed by atoms with Crippen LogP contribution in [0.5, 0.6) is 0 Å². The molecule has 1 atom stereocenters. The number of alkyl halides is 1. The van der Waals surface area contributed by atoms with E-state index in [9.17, 15) is 4.39 Å². The highest BCUT2D eigenvalue weighted by atomic mass is 19.1. The smallest absolute Gasteiger partial charge is 0.112 e. The Morgan fingerprint density at radius 3 is 2.53 bits per heavy atom. The lowest BCUT2D eigenvalue weighted by molar-refractivity contribution is 0.274. The van der Waals surface area contributed by atoms with Crippen LogP contribution in [0.3, 0.4) is 0 Å². The zero-order chi connectivity index (χ0) is 12.7. The van der Waals surface area contributed by atoms with Gasteiger partial charge < -0.3 is 5.32 Å². The van der Waals surface area contributed by atoms with Crippen LogP contribution in [-0.4, -0.2) is 12.2 Å². The van der Waals surface area contributed by atoms with E-state index in [-0.39, 0.29) is 6.67 Å². The van der Waals surface area contributed by atoms with Crippen molar-refractivity contribution in [3.63, 3.8) is 0 Å². The minimum Gasteiger partial charge on any atom is -0.381 e. The zero-order valence-corrected chi connectivity index (χ0v) is 10.8. The van der Waals surface area contributed by atoms with Crippen molar-refractivity contribution in [1.82, 2.24) is 5.32 Å². The minimum atomic E-state index is -0.465. The van der Waals surface area contributed by atoms with Gasteiger partial charge in [0.1, 0.15) is 6.67 Å². The van der Waals surface area contributed by atoms with Gasteiger partial charge in [-0.2, -0.15) is 0 Å². The minimum absolute atomic E-state index is 0.367. The molecule has 0 saturated heterocycles. The van der Waals surface area contributed by atoms with Gasteiger partial charge in [-0.15, -0.1) is 0 Å². The average molecular weight is 235 g/mol. The zero-order valence-electron chi connectivity index (χ0n) is 10.8. The SMILES string of the molecule is C=C(CCc1ccccc1)NC(C)(CC)CF. The van der Waals surface area contributed by atoms with Gasteiger partial charge in [-0.1, -0.05) is 43.8 Å². The van der Waals surface area contributed by atoms with E-state index in [1.165, 1.54) is 5.56 Å². The molecule has 0 amide bonds. The second kappa shape index (κ2) is 6.43. The molecule has 0 saturated carbocycles. The van der Waals surface area contributed by atoms with Gasteiger partial charge in [0.25, 0.3) is 0 Å². The fourth-order valence-electron chi connectivity index (χ4n) is 1.65. The normalized spacial score (nSPS) is 14.1. The number of nitrogens with one attached hydrogen (secondary N) is 1. The van der Waals surface area contributed by atoms with Gasteiger partial charge in [-0.05, 0) is 31.7 Å². The molecule has 2 heteroatoms. The summed E-state index contributed by atoms with van der Waals surface area (Å²) in [6.45, 7) is 7.48. The van der Waals surface area contributed by atoms with Crippen LogP contribution in [-0.2, 0) is 6.42 Å². The van der Waals surface area contributed by atoms with Crippen LogP contribution in [0.4, 0.5) is 4.39 Å². The first kappa shape index (κ1) is 13.8. The molecule has 0 bridgehead atoms. The van der Waals surface area contributed by atoms with Crippen LogP contribution in [0, 0.1) is 0 Å². The summed E-state index contributed by atoms with van der Waals surface area (Å²) in [7, 11) is 0. The molecule has 1 N–H and O–H groups in total. The molecule has 0 radical (unpaired) electrons. The van der Waals surface area contributed by atoms with Crippen molar-refractivity contribution >= 4 is 0 Å². The van der Waals surface area contributed by atoms with Crippen LogP contribution >= 0.6 is 0 Å². The lowest BCUT2D eigenvalue weighted by Crippen LogP contribution is -2.43. The Morgan fingerprint density at radius 1 is 1.35 bits per heavy atom. The first-order valence-corrected chi connectivity index (χ1v) is 6.15. The molecule has 0 aliphatic rings. The summed E-state index contributed by atoms with van der Waals surface area (Å²) in [6, 6.07) is 10.3. The summed E-state index contributed by atoms with van der Waals surface area (Å²) < 4.78 is 12.9. The number of halogens is 1. The lowest BCUT2D eigenvalue weighted by Gasteiger charge is -2.28. The van der Waals surface area contributed by atoms with Crippen molar-refractivity contribution in [2.24, 2.45) is 0 Å². The van der Waals surface area contributed by atoms with Crippen LogP contribution in [0.15, 0.2) is 42.6 Å². The van der Waals surface area contributed by atoms with Gasteiger partial charge in [-0.25, -0.2) is 4.39 Å². The number of hydrogen-bond acceptors (Lipinski definition) is 1. The van der Waals surface area contributed by atoms with Crippen molar-refractivity contribution in [2.45, 2.75) is 38.6 Å². The topological polar surface area (TPSA) is 12.0 Å². The first-order valence-electron chi connectivity index (χ1n) is 6.15. The fourth-order valence-corrected chi connectivity index (χ4v) is 1.65. The molecule has 1 aromatic rings. The molecular weight excluding hydrogens is 213 g/mol. The highest BCUT2D eigenvalue weighted by Crippen LogP contribution is 2.14. The predicted molar refractivity (Wildman–Crippen MR) is 71.7 cm³/mol. The number of hydrogen-bond donors (Lipinski definition) is 1. The molecule has 0 spiro atoms. The molecule has 0 aliphatic heterocycles. The first-order chi connectivity index (χ1) is 8.09. The molecule has 1 rings (SSSR count). The average Bonchev–Trinajstić information content (AvgIpc) is 2.37. The van der Waals surface area contributed by atoms with E-state index in [1.807, 2.05) is 32.0 Å². The summed E-state index contributed by atoms with van der Waals surface area (Å²) >= 11 is 0. The van der Waals surface area contributed by atoms with E-state index < -0.39 is 5.54 Å². The Morgan fingerprint density at radius 2 is 2.00 bits per heavy atom. The van der Waals surface area contributed by atoms with Crippen LogP contribution in [0.1, 0.15) is 32.3 Å². The van der Waals surface area contributed by atoms with Crippen LogP contribution in [0.25, 0.3) is 0 Å². The number of benzene rings is 1. The predicted octanol–water partition coefficient (Wildman–Crippen LogP) is 3.86. The Bertz CT molecular complexity index is 341. The maximum absolute atomic E-state index is 12.9. The maximum Gasteiger partial charge on any atom is 0.112 e. The molecule has 0 heterocycles. The van der Waals surface area contributed by atoms with Crippen LogP contribution < -0.4 is 5.32 Å². The second-order valence-corrected chi connectivity index (χ2v) is 4.76.